The van der Waals surface area contributed by atoms with Gasteiger partial charge in [-0.15, -0.1) is 0 Å². The van der Waals surface area contributed by atoms with Gasteiger partial charge in [0.15, 0.2) is 0 Å². The predicted molar refractivity (Wildman–Crippen MR) is 152 cm³/mol. The van der Waals surface area contributed by atoms with Crippen molar-refractivity contribution in [1.82, 2.24) is 10.3 Å². The molecule has 2 aliphatic carbocycles. The van der Waals surface area contributed by atoms with E-state index >= 15 is 0 Å². The Kier molecular flexibility index (Phi) is 7.48. The topological polar surface area (TPSA) is 60.4 Å². The summed E-state index contributed by atoms with van der Waals surface area (Å²) in [6.45, 7) is 1.64. The Hall–Kier alpha value is -3.10. The molecule has 5 nitrogen and oxygen atoms in total. The van der Waals surface area contributed by atoms with Crippen LogP contribution in [0.1, 0.15) is 62.5 Å². The highest BCUT2D eigenvalue weighted by Crippen LogP contribution is 2.46. The molecule has 3 atom stereocenters. The second-order valence-corrected chi connectivity index (χ2v) is 11.7. The lowest BCUT2D eigenvalue weighted by Crippen LogP contribution is -2.55. The van der Waals surface area contributed by atoms with Gasteiger partial charge < -0.3 is 20.6 Å². The molecule has 2 heterocycles. The van der Waals surface area contributed by atoms with Gasteiger partial charge in [0.1, 0.15) is 5.82 Å². The molecule has 3 aromatic rings. The molecule has 0 radical (unpaired) electrons. The molecule has 3 fully saturated rings. The number of aromatic nitrogens is 1. The maximum atomic E-state index is 13.0. The SMILES string of the molecule is OC1(c2cccc(-c3ccnc(N[C@@H]4CCCC[C@H]4N[C@H]4CCCN(c5ccc(C(F)(F)F)cc5)C4)c3)c2)CC1. The Balaban J connectivity index is 1.11. The van der Waals surface area contributed by atoms with Crippen molar-refractivity contribution in [3.05, 3.63) is 78.0 Å². The first kappa shape index (κ1) is 27.1. The lowest BCUT2D eigenvalue weighted by molar-refractivity contribution is -0.137. The molecule has 2 saturated carbocycles. The zero-order valence-electron chi connectivity index (χ0n) is 22.6. The van der Waals surface area contributed by atoms with Gasteiger partial charge in [-0.2, -0.15) is 13.2 Å². The number of nitrogens with zero attached hydrogens (tertiary/aromatic N) is 2. The molecule has 2 aromatic carbocycles. The number of pyridine rings is 1. The average molecular weight is 551 g/mol. The zero-order chi connectivity index (χ0) is 27.7. The monoisotopic (exact) mass is 550 g/mol. The molecule has 8 heteroatoms. The van der Waals surface area contributed by atoms with Crippen LogP contribution in [0.2, 0.25) is 0 Å². The number of piperidine rings is 1. The van der Waals surface area contributed by atoms with Gasteiger partial charge in [-0.3, -0.25) is 0 Å². The summed E-state index contributed by atoms with van der Waals surface area (Å²) in [6, 6.07) is 18.6. The van der Waals surface area contributed by atoms with Crippen molar-refractivity contribution in [2.24, 2.45) is 0 Å². The Bertz CT molecular complexity index is 1310. The molecule has 1 aliphatic heterocycles. The van der Waals surface area contributed by atoms with Crippen LogP contribution < -0.4 is 15.5 Å². The van der Waals surface area contributed by atoms with Crippen molar-refractivity contribution >= 4 is 11.5 Å². The molecule has 3 aliphatic rings. The summed E-state index contributed by atoms with van der Waals surface area (Å²) < 4.78 is 39.0. The smallest absolute Gasteiger partial charge is 0.385 e. The third-order valence-electron chi connectivity index (χ3n) is 8.75. The fraction of sp³-hybridized carbons (Fsp3) is 0.469. The molecule has 40 heavy (non-hydrogen) atoms. The van der Waals surface area contributed by atoms with E-state index in [1.807, 2.05) is 24.4 Å². The number of hydrogen-bond acceptors (Lipinski definition) is 5. The van der Waals surface area contributed by atoms with Gasteiger partial charge in [-0.1, -0.05) is 31.0 Å². The number of halogens is 3. The molecule has 6 rings (SSSR count). The number of aliphatic hydroxyl groups is 1. The summed E-state index contributed by atoms with van der Waals surface area (Å²) in [6.07, 6.45) is 5.69. The first-order valence-corrected chi connectivity index (χ1v) is 14.5. The highest BCUT2D eigenvalue weighted by Gasteiger charge is 2.42. The van der Waals surface area contributed by atoms with E-state index in [1.54, 1.807) is 12.1 Å². The minimum absolute atomic E-state index is 0.247. The van der Waals surface area contributed by atoms with Crippen LogP contribution in [-0.4, -0.2) is 41.3 Å². The summed E-state index contributed by atoms with van der Waals surface area (Å²) in [5.74, 6) is 0.849. The molecule has 0 spiro atoms. The quantitative estimate of drug-likeness (QED) is 0.305. The van der Waals surface area contributed by atoms with Crippen LogP contribution in [0.4, 0.5) is 24.7 Å². The van der Waals surface area contributed by atoms with Crippen molar-refractivity contribution in [3.63, 3.8) is 0 Å². The zero-order valence-corrected chi connectivity index (χ0v) is 22.6. The van der Waals surface area contributed by atoms with E-state index in [4.69, 9.17) is 0 Å². The van der Waals surface area contributed by atoms with E-state index in [9.17, 15) is 18.3 Å². The van der Waals surface area contributed by atoms with Gasteiger partial charge in [-0.05, 0) is 97.7 Å². The van der Waals surface area contributed by atoms with Crippen LogP contribution in [0, 0.1) is 0 Å². The molecule has 3 N–H and O–H groups in total. The van der Waals surface area contributed by atoms with Gasteiger partial charge in [0, 0.05) is 43.1 Å². The highest BCUT2D eigenvalue weighted by molar-refractivity contribution is 5.67. The van der Waals surface area contributed by atoms with E-state index in [-0.39, 0.29) is 12.1 Å². The van der Waals surface area contributed by atoms with Gasteiger partial charge in [-0.25, -0.2) is 4.98 Å². The van der Waals surface area contributed by atoms with Crippen molar-refractivity contribution in [2.45, 2.75) is 81.3 Å². The van der Waals surface area contributed by atoms with E-state index in [1.165, 1.54) is 25.0 Å². The highest BCUT2D eigenvalue weighted by atomic mass is 19.4. The van der Waals surface area contributed by atoms with E-state index in [2.05, 4.69) is 38.7 Å². The molecule has 1 aromatic heterocycles. The minimum Gasteiger partial charge on any atom is -0.385 e. The maximum Gasteiger partial charge on any atom is 0.416 e. The van der Waals surface area contributed by atoms with Crippen LogP contribution in [-0.2, 0) is 11.8 Å². The summed E-state index contributed by atoms with van der Waals surface area (Å²) in [4.78, 5) is 6.82. The lowest BCUT2D eigenvalue weighted by Gasteiger charge is -2.40. The number of anilines is 2. The van der Waals surface area contributed by atoms with Gasteiger partial charge in [0.2, 0.25) is 0 Å². The summed E-state index contributed by atoms with van der Waals surface area (Å²) >= 11 is 0. The second-order valence-electron chi connectivity index (χ2n) is 11.7. The summed E-state index contributed by atoms with van der Waals surface area (Å²) in [7, 11) is 0. The molecular weight excluding hydrogens is 513 g/mol. The third-order valence-corrected chi connectivity index (χ3v) is 8.75. The average Bonchev–Trinajstić information content (AvgIpc) is 3.72. The standard InChI is InChI=1S/C32H37F3N4O/c33-32(34,35)24-10-12-27(13-11-24)39-18-4-7-26(21-39)37-28-8-1-2-9-29(28)38-30-20-23(14-17-36-30)22-5-3-6-25(19-22)31(40)15-16-31/h3,5-6,10-14,17,19-20,26,28-29,37,40H,1-2,4,7-9,15-16,18,21H2,(H,36,38)/t26-,28+,29+/m0/s1. The van der Waals surface area contributed by atoms with Crippen molar-refractivity contribution in [1.29, 1.82) is 0 Å². The number of hydrogen-bond donors (Lipinski definition) is 3. The van der Waals surface area contributed by atoms with Crippen molar-refractivity contribution < 1.29 is 18.3 Å². The van der Waals surface area contributed by atoms with E-state index < -0.39 is 17.3 Å². The van der Waals surface area contributed by atoms with Gasteiger partial charge in [0.25, 0.3) is 0 Å². The van der Waals surface area contributed by atoms with E-state index in [0.717, 1.165) is 79.8 Å². The van der Waals surface area contributed by atoms with Crippen LogP contribution in [0.5, 0.6) is 0 Å². The van der Waals surface area contributed by atoms with Crippen molar-refractivity contribution in [3.8, 4) is 11.1 Å². The normalized spacial score (nSPS) is 24.5. The Labute approximate surface area is 233 Å². The fourth-order valence-electron chi connectivity index (χ4n) is 6.29. The molecule has 0 amide bonds. The Morgan fingerprint density at radius 3 is 2.38 bits per heavy atom. The van der Waals surface area contributed by atoms with Crippen LogP contribution in [0.15, 0.2) is 66.9 Å². The van der Waals surface area contributed by atoms with Crippen LogP contribution >= 0.6 is 0 Å². The number of nitrogens with one attached hydrogen (secondary N) is 2. The second kappa shape index (κ2) is 11.1. The minimum atomic E-state index is -4.31. The summed E-state index contributed by atoms with van der Waals surface area (Å²) in [5.41, 5.74) is 2.70. The van der Waals surface area contributed by atoms with Crippen LogP contribution in [0.3, 0.4) is 0 Å². The largest absolute Gasteiger partial charge is 0.416 e. The first-order valence-electron chi connectivity index (χ1n) is 14.5. The summed E-state index contributed by atoms with van der Waals surface area (Å²) in [5, 5.41) is 18.2. The molecule has 0 unspecified atom stereocenters. The Morgan fingerprint density at radius 2 is 1.62 bits per heavy atom. The predicted octanol–water partition coefficient (Wildman–Crippen LogP) is 6.73. The van der Waals surface area contributed by atoms with E-state index in [0.29, 0.717) is 6.04 Å². The van der Waals surface area contributed by atoms with Gasteiger partial charge >= 0.3 is 6.18 Å². The van der Waals surface area contributed by atoms with Gasteiger partial charge in [0.05, 0.1) is 11.2 Å². The molecule has 0 bridgehead atoms. The lowest BCUT2D eigenvalue weighted by atomic mass is 9.89. The molecule has 212 valence electrons. The third kappa shape index (κ3) is 6.13. The number of benzene rings is 2. The van der Waals surface area contributed by atoms with Crippen molar-refractivity contribution in [2.75, 3.05) is 23.3 Å². The number of rotatable bonds is 7. The Morgan fingerprint density at radius 1 is 0.875 bits per heavy atom. The maximum absolute atomic E-state index is 13.0. The fourth-order valence-corrected chi connectivity index (χ4v) is 6.29. The number of alkyl halides is 3. The van der Waals surface area contributed by atoms with Crippen LogP contribution in [0.25, 0.3) is 11.1 Å². The molecular formula is C32H37F3N4O. The first-order chi connectivity index (χ1) is 19.3. The molecule has 1 saturated heterocycles.